The largest absolute Gasteiger partial charge is 0.481 e. The molecule has 0 aromatic heterocycles. The molecule has 0 spiro atoms. The van der Waals surface area contributed by atoms with Crippen LogP contribution in [0.5, 0.6) is 0 Å². The Bertz CT molecular complexity index is 976. The van der Waals surface area contributed by atoms with Gasteiger partial charge in [0.25, 0.3) is 0 Å². The predicted molar refractivity (Wildman–Crippen MR) is 137 cm³/mol. The van der Waals surface area contributed by atoms with Crippen LogP contribution in [-0.4, -0.2) is 40.4 Å². The fraction of sp³-hybridized carbons (Fsp3) is 0.481. The monoisotopic (exact) mass is 467 g/mol. The molecule has 0 bridgehead atoms. The molecule has 0 atom stereocenters. The van der Waals surface area contributed by atoms with Crippen LogP contribution in [0.4, 0.5) is 21.9 Å². The number of aliphatic carboxylic acids is 1. The summed E-state index contributed by atoms with van der Waals surface area (Å²) in [7, 11) is 0. The van der Waals surface area contributed by atoms with E-state index < -0.39 is 11.6 Å². The Kier molecular flexibility index (Phi) is 8.56. The van der Waals surface area contributed by atoms with Crippen LogP contribution in [0.1, 0.15) is 63.5 Å². The summed E-state index contributed by atoms with van der Waals surface area (Å²) in [6, 6.07) is 13.2. The van der Waals surface area contributed by atoms with Gasteiger partial charge in [-0.2, -0.15) is 0 Å². The van der Waals surface area contributed by atoms with Crippen molar-refractivity contribution in [2.75, 3.05) is 22.1 Å². The van der Waals surface area contributed by atoms with Crippen LogP contribution in [0, 0.1) is 6.92 Å². The van der Waals surface area contributed by atoms with Gasteiger partial charge in [0.05, 0.1) is 17.0 Å². The number of hydrogen-bond donors (Lipinski definition) is 4. The van der Waals surface area contributed by atoms with Gasteiger partial charge in [-0.3, -0.25) is 4.79 Å². The van der Waals surface area contributed by atoms with E-state index in [-0.39, 0.29) is 18.5 Å². The minimum absolute atomic E-state index is 0.0182. The maximum absolute atomic E-state index is 12.9. The third-order valence-electron chi connectivity index (χ3n) is 6.13. The Hall–Kier alpha value is -3.06. The van der Waals surface area contributed by atoms with Crippen molar-refractivity contribution in [3.05, 3.63) is 53.6 Å². The summed E-state index contributed by atoms with van der Waals surface area (Å²) in [5.74, 6) is -0.860. The van der Waals surface area contributed by atoms with E-state index in [9.17, 15) is 14.7 Å². The number of carbonyl (C=O) groups is 2. The van der Waals surface area contributed by atoms with Crippen LogP contribution < -0.4 is 15.5 Å². The van der Waals surface area contributed by atoms with Gasteiger partial charge in [0.2, 0.25) is 0 Å². The molecule has 0 unspecified atom stereocenters. The Balaban J connectivity index is 1.91. The highest BCUT2D eigenvalue weighted by Crippen LogP contribution is 2.35. The average molecular weight is 468 g/mol. The Morgan fingerprint density at radius 2 is 1.71 bits per heavy atom. The van der Waals surface area contributed by atoms with Crippen LogP contribution in [-0.2, 0) is 11.2 Å². The molecule has 2 amide bonds. The van der Waals surface area contributed by atoms with E-state index in [1.807, 2.05) is 49.4 Å². The number of benzene rings is 2. The average Bonchev–Trinajstić information content (AvgIpc) is 2.78. The predicted octanol–water partition coefficient (Wildman–Crippen LogP) is 5.57. The van der Waals surface area contributed by atoms with Crippen molar-refractivity contribution in [2.24, 2.45) is 0 Å². The van der Waals surface area contributed by atoms with E-state index >= 15 is 0 Å². The first-order valence-electron chi connectivity index (χ1n) is 12.1. The summed E-state index contributed by atoms with van der Waals surface area (Å²) in [5.41, 5.74) is 3.17. The first-order valence-corrected chi connectivity index (χ1v) is 12.1. The second kappa shape index (κ2) is 11.4. The maximum atomic E-state index is 12.9. The number of anilines is 3. The number of hydrogen-bond acceptors (Lipinski definition) is 4. The first-order chi connectivity index (χ1) is 16.1. The van der Waals surface area contributed by atoms with E-state index in [1.54, 1.807) is 13.8 Å². The quantitative estimate of drug-likeness (QED) is 0.386. The first kappa shape index (κ1) is 25.6. The Morgan fingerprint density at radius 1 is 1.03 bits per heavy atom. The van der Waals surface area contributed by atoms with Gasteiger partial charge in [0, 0.05) is 24.7 Å². The molecule has 7 heteroatoms. The molecule has 1 aliphatic carbocycles. The number of amides is 2. The summed E-state index contributed by atoms with van der Waals surface area (Å²) in [4.78, 5) is 26.2. The van der Waals surface area contributed by atoms with E-state index in [0.717, 1.165) is 42.5 Å². The van der Waals surface area contributed by atoms with Gasteiger partial charge in [0.1, 0.15) is 0 Å². The third-order valence-corrected chi connectivity index (χ3v) is 6.13. The molecule has 0 heterocycles. The molecule has 1 fully saturated rings. The lowest BCUT2D eigenvalue weighted by Crippen LogP contribution is -2.46. The van der Waals surface area contributed by atoms with Crippen LogP contribution in [0.2, 0.25) is 0 Å². The number of carboxylic acid groups (broad SMARTS) is 1. The molecule has 7 nitrogen and oxygen atoms in total. The highest BCUT2D eigenvalue weighted by molar-refractivity contribution is 6.02. The summed E-state index contributed by atoms with van der Waals surface area (Å²) >= 11 is 0. The Labute approximate surface area is 202 Å². The van der Waals surface area contributed by atoms with Gasteiger partial charge < -0.3 is 25.7 Å². The smallest absolute Gasteiger partial charge is 0.323 e. The summed E-state index contributed by atoms with van der Waals surface area (Å²) in [6.45, 7) is 6.00. The van der Waals surface area contributed by atoms with Crippen molar-refractivity contribution in [2.45, 2.75) is 77.4 Å². The molecule has 34 heavy (non-hydrogen) atoms. The van der Waals surface area contributed by atoms with Crippen molar-refractivity contribution >= 4 is 29.1 Å². The standard InChI is InChI=1S/C27H37N3O4/c1-19-9-13-21(14-10-19)28-26(33)29-23-17-20(12-16-25(31)32)11-15-24(23)30(18-27(2,3)34)22-7-5-4-6-8-22/h9-11,13-15,17,22,34H,4-8,12,16,18H2,1-3H3,(H,31,32)(H2,28,29,33). The summed E-state index contributed by atoms with van der Waals surface area (Å²) in [6.07, 6.45) is 5.95. The lowest BCUT2D eigenvalue weighted by atomic mass is 9.92. The van der Waals surface area contributed by atoms with Crippen molar-refractivity contribution < 1.29 is 19.8 Å². The molecular formula is C27H37N3O4. The Morgan fingerprint density at radius 3 is 2.32 bits per heavy atom. The molecule has 2 aromatic carbocycles. The summed E-state index contributed by atoms with van der Waals surface area (Å²) < 4.78 is 0. The second-order valence-electron chi connectivity index (χ2n) is 9.92. The molecule has 0 radical (unpaired) electrons. The number of nitrogens with zero attached hydrogens (tertiary/aromatic N) is 1. The van der Waals surface area contributed by atoms with Gasteiger partial charge >= 0.3 is 12.0 Å². The van der Waals surface area contributed by atoms with Gasteiger partial charge in [-0.1, -0.05) is 43.0 Å². The van der Waals surface area contributed by atoms with Crippen LogP contribution in [0.15, 0.2) is 42.5 Å². The van der Waals surface area contributed by atoms with E-state index in [2.05, 4.69) is 15.5 Å². The number of rotatable bonds is 9. The molecular weight excluding hydrogens is 430 g/mol. The van der Waals surface area contributed by atoms with E-state index in [0.29, 0.717) is 24.3 Å². The number of urea groups is 1. The van der Waals surface area contributed by atoms with Gasteiger partial charge in [-0.05, 0) is 69.9 Å². The molecule has 0 aliphatic heterocycles. The molecule has 2 aromatic rings. The van der Waals surface area contributed by atoms with E-state index in [1.165, 1.54) is 6.42 Å². The molecule has 1 saturated carbocycles. The van der Waals surface area contributed by atoms with Crippen molar-refractivity contribution in [3.8, 4) is 0 Å². The fourth-order valence-electron chi connectivity index (χ4n) is 4.48. The zero-order chi connectivity index (χ0) is 24.7. The number of aryl methyl sites for hydroxylation is 2. The number of aliphatic hydroxyl groups is 1. The molecule has 184 valence electrons. The van der Waals surface area contributed by atoms with Gasteiger partial charge in [0.15, 0.2) is 0 Å². The fourth-order valence-corrected chi connectivity index (χ4v) is 4.48. The van der Waals surface area contributed by atoms with Crippen molar-refractivity contribution in [1.29, 1.82) is 0 Å². The maximum Gasteiger partial charge on any atom is 0.323 e. The number of carboxylic acids is 1. The highest BCUT2D eigenvalue weighted by atomic mass is 16.4. The van der Waals surface area contributed by atoms with Crippen molar-refractivity contribution in [3.63, 3.8) is 0 Å². The lowest BCUT2D eigenvalue weighted by Gasteiger charge is -2.40. The van der Waals surface area contributed by atoms with Gasteiger partial charge in [-0.15, -0.1) is 0 Å². The summed E-state index contributed by atoms with van der Waals surface area (Å²) in [5, 5.41) is 25.6. The normalized spacial score (nSPS) is 14.5. The lowest BCUT2D eigenvalue weighted by molar-refractivity contribution is -0.136. The molecule has 4 N–H and O–H groups in total. The van der Waals surface area contributed by atoms with Crippen LogP contribution in [0.3, 0.4) is 0 Å². The third kappa shape index (κ3) is 7.76. The molecule has 3 rings (SSSR count). The zero-order valence-electron chi connectivity index (χ0n) is 20.4. The molecule has 1 aliphatic rings. The number of carbonyl (C=O) groups excluding carboxylic acids is 1. The second-order valence-corrected chi connectivity index (χ2v) is 9.92. The highest BCUT2D eigenvalue weighted by Gasteiger charge is 2.28. The SMILES string of the molecule is Cc1ccc(NC(=O)Nc2cc(CCC(=O)O)ccc2N(CC(C)(C)O)C2CCCCC2)cc1. The number of nitrogens with one attached hydrogen (secondary N) is 2. The van der Waals surface area contributed by atoms with Crippen LogP contribution in [0.25, 0.3) is 0 Å². The van der Waals surface area contributed by atoms with Crippen LogP contribution >= 0.6 is 0 Å². The molecule has 0 saturated heterocycles. The topological polar surface area (TPSA) is 102 Å². The van der Waals surface area contributed by atoms with Crippen molar-refractivity contribution in [1.82, 2.24) is 0 Å². The van der Waals surface area contributed by atoms with E-state index in [4.69, 9.17) is 5.11 Å². The van der Waals surface area contributed by atoms with Gasteiger partial charge in [-0.25, -0.2) is 4.79 Å². The minimum Gasteiger partial charge on any atom is -0.481 e. The zero-order valence-corrected chi connectivity index (χ0v) is 20.4. The minimum atomic E-state index is -0.916.